The maximum absolute atomic E-state index is 2.32. The van der Waals surface area contributed by atoms with Gasteiger partial charge in [-0.3, -0.25) is 0 Å². The Hall–Kier alpha value is -2.26. The van der Waals surface area contributed by atoms with Gasteiger partial charge in [0.25, 0.3) is 0 Å². The van der Waals surface area contributed by atoms with Gasteiger partial charge < -0.3 is 0 Å². The van der Waals surface area contributed by atoms with Gasteiger partial charge in [0.2, 0.25) is 0 Å². The molecule has 0 radical (unpaired) electrons. The van der Waals surface area contributed by atoms with Crippen LogP contribution < -0.4 is 21.2 Å². The monoisotopic (exact) mass is 414 g/mol. The van der Waals surface area contributed by atoms with E-state index in [4.69, 9.17) is 0 Å². The van der Waals surface area contributed by atoms with Crippen molar-refractivity contribution in [1.29, 1.82) is 0 Å². The molecule has 0 saturated heterocycles. The molecule has 4 rings (SSSR count). The molecule has 0 spiro atoms. The largest absolute Gasteiger partial charge is 0.0966 e. The molecule has 0 aliphatic heterocycles. The Morgan fingerprint density at radius 2 is 0.586 bits per heavy atom. The van der Waals surface area contributed by atoms with E-state index in [1.54, 1.807) is 0 Å². The summed E-state index contributed by atoms with van der Waals surface area (Å²) in [7, 11) is -1.48. The van der Waals surface area contributed by atoms with Crippen LogP contribution in [0.2, 0.25) is 0 Å². The van der Waals surface area contributed by atoms with Crippen molar-refractivity contribution in [3.8, 4) is 0 Å². The van der Waals surface area contributed by atoms with Gasteiger partial charge in [-0.15, -0.1) is 0 Å². The van der Waals surface area contributed by atoms with Gasteiger partial charge in [0.1, 0.15) is 0 Å². The maximum atomic E-state index is 2.32. The Morgan fingerprint density at radius 1 is 0.345 bits per heavy atom. The van der Waals surface area contributed by atoms with Crippen LogP contribution in [0.4, 0.5) is 0 Å². The van der Waals surface area contributed by atoms with Gasteiger partial charge in [0.05, 0.1) is 49.4 Å². The lowest BCUT2D eigenvalue weighted by atomic mass is 10.4. The van der Waals surface area contributed by atoms with Crippen LogP contribution in [0.3, 0.4) is 0 Å². The normalized spacial score (nSPS) is 11.1. The lowest BCUT2D eigenvalue weighted by Gasteiger charge is -2.13. The summed E-state index contributed by atoms with van der Waals surface area (Å²) >= 11 is 0. The van der Waals surface area contributed by atoms with Crippen molar-refractivity contribution >= 4 is 37.1 Å². The molecule has 4 aromatic rings. The topological polar surface area (TPSA) is 0 Å². The third kappa shape index (κ3) is 5.42. The van der Waals surface area contributed by atoms with Crippen LogP contribution in [-0.2, 0) is 0 Å². The van der Waals surface area contributed by atoms with Gasteiger partial charge in [-0.2, -0.15) is 0 Å². The molecule has 0 heterocycles. The Morgan fingerprint density at radius 3 is 0.828 bits per heavy atom. The summed E-state index contributed by atoms with van der Waals surface area (Å²) in [6.07, 6.45) is 3.84. The van der Waals surface area contributed by atoms with Gasteiger partial charge in [-0.1, -0.05) is 72.8 Å². The van der Waals surface area contributed by atoms with Gasteiger partial charge in [-0.25, -0.2) is 0 Å². The highest BCUT2D eigenvalue weighted by atomic mass is 31.1. The quantitative estimate of drug-likeness (QED) is 0.352. The summed E-state index contributed by atoms with van der Waals surface area (Å²) in [4.78, 5) is 0. The summed E-state index contributed by atoms with van der Waals surface area (Å²) in [5.74, 6) is 0. The van der Waals surface area contributed by atoms with Crippen LogP contribution in [0.1, 0.15) is 6.42 Å². The molecular formula is C27H28P2+2. The minimum Gasteiger partial charge on any atom is -0.0620 e. The predicted octanol–water partition coefficient (Wildman–Crippen LogP) is 5.11. The first-order valence-electron chi connectivity index (χ1n) is 10.3. The molecule has 4 aromatic carbocycles. The third-order valence-corrected chi connectivity index (χ3v) is 11.2. The van der Waals surface area contributed by atoms with E-state index in [1.165, 1.54) is 40.0 Å². The third-order valence-electron chi connectivity index (χ3n) is 5.34. The molecule has 0 bridgehead atoms. The zero-order chi connectivity index (χ0) is 19.7. The van der Waals surface area contributed by atoms with Crippen LogP contribution >= 0.6 is 15.8 Å². The van der Waals surface area contributed by atoms with Crippen molar-refractivity contribution in [3.05, 3.63) is 121 Å². The molecule has 2 heteroatoms. The fourth-order valence-electron chi connectivity index (χ4n) is 3.91. The smallest absolute Gasteiger partial charge is 0.0620 e. The fourth-order valence-corrected chi connectivity index (χ4v) is 9.52. The first kappa shape index (κ1) is 20.0. The SMILES string of the molecule is c1ccc([PH+](CCC[PH+](c2ccccc2)c2ccccc2)c2ccccc2)cc1. The molecule has 144 valence electrons. The standard InChI is InChI=1S/C27H26P2/c1-5-14-24(15-6-1)28(25-16-7-2-8-17-25)22-13-23-29(26-18-9-3-10-19-26)27-20-11-4-12-21-27/h1-12,14-21H,13,22-23H2/p+2. The van der Waals surface area contributed by atoms with Crippen molar-refractivity contribution in [2.24, 2.45) is 0 Å². The minimum absolute atomic E-state index is 0.742. The highest BCUT2D eigenvalue weighted by molar-refractivity contribution is 7.74. The number of benzene rings is 4. The van der Waals surface area contributed by atoms with E-state index >= 15 is 0 Å². The summed E-state index contributed by atoms with van der Waals surface area (Å²) in [6, 6.07) is 44.6. The lowest BCUT2D eigenvalue weighted by molar-refractivity contribution is 1.11. The molecule has 0 atom stereocenters. The molecule has 29 heavy (non-hydrogen) atoms. The van der Waals surface area contributed by atoms with E-state index in [1.807, 2.05) is 0 Å². The summed E-state index contributed by atoms with van der Waals surface area (Å²) in [5, 5.41) is 6.10. The van der Waals surface area contributed by atoms with Crippen LogP contribution in [-0.4, -0.2) is 12.3 Å². The Labute approximate surface area is 177 Å². The van der Waals surface area contributed by atoms with Crippen molar-refractivity contribution in [3.63, 3.8) is 0 Å². The molecule has 0 unspecified atom stereocenters. The number of hydrogen-bond donors (Lipinski definition) is 0. The zero-order valence-corrected chi connectivity index (χ0v) is 18.7. The molecule has 0 nitrogen and oxygen atoms in total. The maximum Gasteiger partial charge on any atom is 0.0966 e. The van der Waals surface area contributed by atoms with E-state index in [0.29, 0.717) is 0 Å². The number of hydrogen-bond acceptors (Lipinski definition) is 0. The Balaban J connectivity index is 1.53. The lowest BCUT2D eigenvalue weighted by Crippen LogP contribution is -2.17. The highest BCUT2D eigenvalue weighted by Crippen LogP contribution is 2.39. The van der Waals surface area contributed by atoms with Crippen LogP contribution in [0.5, 0.6) is 0 Å². The molecule has 0 amide bonds. The summed E-state index contributed by atoms with van der Waals surface area (Å²) < 4.78 is 0. The molecule has 0 aliphatic carbocycles. The van der Waals surface area contributed by atoms with E-state index in [0.717, 1.165) is 0 Å². The summed E-state index contributed by atoms with van der Waals surface area (Å²) in [6.45, 7) is 0. The second-order valence-corrected chi connectivity index (χ2v) is 12.5. The minimum atomic E-state index is -0.742. The van der Waals surface area contributed by atoms with Crippen molar-refractivity contribution in [2.45, 2.75) is 6.42 Å². The van der Waals surface area contributed by atoms with Gasteiger partial charge in [0, 0.05) is 6.42 Å². The molecule has 0 N–H and O–H groups in total. The van der Waals surface area contributed by atoms with Crippen LogP contribution in [0.25, 0.3) is 0 Å². The zero-order valence-electron chi connectivity index (χ0n) is 16.7. The average Bonchev–Trinajstić information content (AvgIpc) is 2.81. The fraction of sp³-hybridized carbons (Fsp3) is 0.111. The van der Waals surface area contributed by atoms with Gasteiger partial charge >= 0.3 is 0 Å². The van der Waals surface area contributed by atoms with Crippen molar-refractivity contribution in [1.82, 2.24) is 0 Å². The van der Waals surface area contributed by atoms with Gasteiger partial charge in [0.15, 0.2) is 0 Å². The van der Waals surface area contributed by atoms with E-state index in [-0.39, 0.29) is 0 Å². The first-order valence-corrected chi connectivity index (χ1v) is 13.8. The second kappa shape index (κ2) is 10.5. The molecule has 0 aliphatic rings. The predicted molar refractivity (Wildman–Crippen MR) is 135 cm³/mol. The van der Waals surface area contributed by atoms with Gasteiger partial charge in [-0.05, 0) is 48.5 Å². The van der Waals surface area contributed by atoms with Crippen molar-refractivity contribution in [2.75, 3.05) is 12.3 Å². The number of rotatable bonds is 8. The first-order chi connectivity index (χ1) is 14.4. The van der Waals surface area contributed by atoms with Crippen molar-refractivity contribution < 1.29 is 0 Å². The van der Waals surface area contributed by atoms with Crippen LogP contribution in [0, 0.1) is 0 Å². The molecular weight excluding hydrogens is 386 g/mol. The molecule has 0 fully saturated rings. The van der Waals surface area contributed by atoms with E-state index < -0.39 is 15.8 Å². The second-order valence-electron chi connectivity index (χ2n) is 7.27. The van der Waals surface area contributed by atoms with E-state index in [9.17, 15) is 0 Å². The molecule has 0 saturated carbocycles. The summed E-state index contributed by atoms with van der Waals surface area (Å²) in [5.41, 5.74) is 0. The average molecular weight is 414 g/mol. The Bertz CT molecular complexity index is 808. The molecule has 0 aromatic heterocycles. The van der Waals surface area contributed by atoms with E-state index in [2.05, 4.69) is 121 Å². The van der Waals surface area contributed by atoms with Crippen LogP contribution in [0.15, 0.2) is 121 Å². The highest BCUT2D eigenvalue weighted by Gasteiger charge is 2.26. The Kier molecular flexibility index (Phi) is 7.25.